The second-order valence-electron chi connectivity index (χ2n) is 4.53. The minimum absolute atomic E-state index is 0.200. The SMILES string of the molecule is Cc1cc(C#N)ccc1S(=O)(=O)NCc1cccn1C. The second-order valence-corrected chi connectivity index (χ2v) is 6.26. The largest absolute Gasteiger partial charge is 0.353 e. The lowest BCUT2D eigenvalue weighted by Gasteiger charge is -2.10. The van der Waals surface area contributed by atoms with Crippen molar-refractivity contribution in [1.82, 2.24) is 9.29 Å². The van der Waals surface area contributed by atoms with Crippen LogP contribution in [0.1, 0.15) is 16.8 Å². The van der Waals surface area contributed by atoms with Crippen LogP contribution in [0.25, 0.3) is 0 Å². The Labute approximate surface area is 118 Å². The Bertz CT molecular complexity index is 770. The summed E-state index contributed by atoms with van der Waals surface area (Å²) in [7, 11) is -1.72. The Morgan fingerprint density at radius 2 is 2.10 bits per heavy atom. The van der Waals surface area contributed by atoms with E-state index in [0.717, 1.165) is 5.69 Å². The minimum Gasteiger partial charge on any atom is -0.353 e. The van der Waals surface area contributed by atoms with Crippen molar-refractivity contribution in [1.29, 1.82) is 5.26 Å². The number of aromatic nitrogens is 1. The molecule has 0 unspecified atom stereocenters. The summed E-state index contributed by atoms with van der Waals surface area (Å²) in [5.41, 5.74) is 1.88. The predicted molar refractivity (Wildman–Crippen MR) is 75.3 cm³/mol. The van der Waals surface area contributed by atoms with E-state index in [1.54, 1.807) is 13.0 Å². The van der Waals surface area contributed by atoms with Gasteiger partial charge in [0.05, 0.1) is 23.1 Å². The normalized spacial score (nSPS) is 11.2. The molecule has 1 aromatic heterocycles. The van der Waals surface area contributed by atoms with E-state index in [-0.39, 0.29) is 11.4 Å². The van der Waals surface area contributed by atoms with Gasteiger partial charge in [-0.1, -0.05) is 0 Å². The monoisotopic (exact) mass is 289 g/mol. The van der Waals surface area contributed by atoms with Gasteiger partial charge < -0.3 is 4.57 Å². The third-order valence-electron chi connectivity index (χ3n) is 3.09. The van der Waals surface area contributed by atoms with E-state index in [9.17, 15) is 8.42 Å². The van der Waals surface area contributed by atoms with Crippen LogP contribution >= 0.6 is 0 Å². The molecule has 0 fully saturated rings. The molecular formula is C14H15N3O2S. The van der Waals surface area contributed by atoms with Crippen LogP contribution in [0.2, 0.25) is 0 Å². The summed E-state index contributed by atoms with van der Waals surface area (Å²) in [5, 5.41) is 8.80. The van der Waals surface area contributed by atoms with Gasteiger partial charge in [-0.15, -0.1) is 0 Å². The van der Waals surface area contributed by atoms with Crippen molar-refractivity contribution in [3.8, 4) is 6.07 Å². The fourth-order valence-electron chi connectivity index (χ4n) is 1.95. The molecule has 0 atom stereocenters. The van der Waals surface area contributed by atoms with Gasteiger partial charge in [0.2, 0.25) is 10.0 Å². The zero-order valence-corrected chi connectivity index (χ0v) is 12.1. The molecule has 1 N–H and O–H groups in total. The van der Waals surface area contributed by atoms with Crippen molar-refractivity contribution >= 4 is 10.0 Å². The zero-order chi connectivity index (χ0) is 14.8. The van der Waals surface area contributed by atoms with E-state index in [0.29, 0.717) is 11.1 Å². The molecule has 0 aliphatic heterocycles. The molecule has 2 rings (SSSR count). The number of rotatable bonds is 4. The van der Waals surface area contributed by atoms with E-state index in [4.69, 9.17) is 5.26 Å². The minimum atomic E-state index is -3.58. The van der Waals surface area contributed by atoms with Crippen LogP contribution in [-0.2, 0) is 23.6 Å². The third kappa shape index (κ3) is 2.90. The second kappa shape index (κ2) is 5.49. The molecule has 1 aromatic carbocycles. The summed E-state index contributed by atoms with van der Waals surface area (Å²) >= 11 is 0. The van der Waals surface area contributed by atoms with Gasteiger partial charge in [0.1, 0.15) is 0 Å². The maximum Gasteiger partial charge on any atom is 0.241 e. The Hall–Kier alpha value is -2.10. The average Bonchev–Trinajstić information content (AvgIpc) is 2.81. The number of benzene rings is 1. The molecular weight excluding hydrogens is 274 g/mol. The van der Waals surface area contributed by atoms with E-state index in [2.05, 4.69) is 4.72 Å². The molecule has 2 aromatic rings. The highest BCUT2D eigenvalue weighted by molar-refractivity contribution is 7.89. The Morgan fingerprint density at radius 3 is 2.65 bits per heavy atom. The summed E-state index contributed by atoms with van der Waals surface area (Å²) in [6, 6.07) is 10.2. The number of sulfonamides is 1. The smallest absolute Gasteiger partial charge is 0.241 e. The van der Waals surface area contributed by atoms with Crippen molar-refractivity contribution in [2.45, 2.75) is 18.4 Å². The van der Waals surface area contributed by atoms with Crippen LogP contribution in [0.5, 0.6) is 0 Å². The summed E-state index contributed by atoms with van der Waals surface area (Å²) in [4.78, 5) is 0.200. The maximum atomic E-state index is 12.3. The van der Waals surface area contributed by atoms with E-state index >= 15 is 0 Å². The quantitative estimate of drug-likeness (QED) is 0.930. The highest BCUT2D eigenvalue weighted by Crippen LogP contribution is 2.16. The molecule has 5 nitrogen and oxygen atoms in total. The van der Waals surface area contributed by atoms with Crippen LogP contribution < -0.4 is 4.72 Å². The number of aryl methyl sites for hydroxylation is 2. The number of nitrogens with zero attached hydrogens (tertiary/aromatic N) is 2. The van der Waals surface area contributed by atoms with Gasteiger partial charge in [-0.25, -0.2) is 13.1 Å². The average molecular weight is 289 g/mol. The molecule has 0 radical (unpaired) electrons. The van der Waals surface area contributed by atoms with Crippen LogP contribution in [-0.4, -0.2) is 13.0 Å². The summed E-state index contributed by atoms with van der Waals surface area (Å²) < 4.78 is 28.9. The highest BCUT2D eigenvalue weighted by atomic mass is 32.2. The third-order valence-corrected chi connectivity index (χ3v) is 4.65. The van der Waals surface area contributed by atoms with E-state index in [1.807, 2.05) is 36.0 Å². The van der Waals surface area contributed by atoms with Crippen molar-refractivity contribution in [3.63, 3.8) is 0 Å². The van der Waals surface area contributed by atoms with Gasteiger partial charge in [-0.2, -0.15) is 5.26 Å². The Kier molecular flexibility index (Phi) is 3.93. The molecule has 0 aliphatic rings. The lowest BCUT2D eigenvalue weighted by Crippen LogP contribution is -2.25. The predicted octanol–water partition coefficient (Wildman–Crippen LogP) is 1.68. The molecule has 0 spiro atoms. The number of hydrogen-bond donors (Lipinski definition) is 1. The fraction of sp³-hybridized carbons (Fsp3) is 0.214. The van der Waals surface area contributed by atoms with Gasteiger partial charge in [0.15, 0.2) is 0 Å². The van der Waals surface area contributed by atoms with Crippen molar-refractivity contribution in [3.05, 3.63) is 53.3 Å². The highest BCUT2D eigenvalue weighted by Gasteiger charge is 2.17. The van der Waals surface area contributed by atoms with Crippen LogP contribution in [0, 0.1) is 18.3 Å². The molecule has 0 amide bonds. The molecule has 1 heterocycles. The number of nitrogens with one attached hydrogen (secondary N) is 1. The molecule has 104 valence electrons. The van der Waals surface area contributed by atoms with E-state index in [1.165, 1.54) is 12.1 Å². The summed E-state index contributed by atoms with van der Waals surface area (Å²) in [6.07, 6.45) is 1.86. The van der Waals surface area contributed by atoms with Crippen LogP contribution in [0.15, 0.2) is 41.4 Å². The van der Waals surface area contributed by atoms with Crippen molar-refractivity contribution in [2.24, 2.45) is 7.05 Å². The first-order chi connectivity index (χ1) is 9.44. The van der Waals surface area contributed by atoms with Crippen molar-refractivity contribution in [2.75, 3.05) is 0 Å². The Balaban J connectivity index is 2.23. The molecule has 20 heavy (non-hydrogen) atoms. The lowest BCUT2D eigenvalue weighted by atomic mass is 10.2. The summed E-state index contributed by atoms with van der Waals surface area (Å²) in [6.45, 7) is 1.91. The van der Waals surface area contributed by atoms with Gasteiger partial charge in [0.25, 0.3) is 0 Å². The first kappa shape index (κ1) is 14.3. The Morgan fingerprint density at radius 1 is 1.35 bits per heavy atom. The molecule has 0 bridgehead atoms. The van der Waals surface area contributed by atoms with Crippen molar-refractivity contribution < 1.29 is 8.42 Å². The van der Waals surface area contributed by atoms with E-state index < -0.39 is 10.0 Å². The maximum absolute atomic E-state index is 12.3. The first-order valence-corrected chi connectivity index (χ1v) is 7.53. The number of hydrogen-bond acceptors (Lipinski definition) is 3. The standard InChI is InChI=1S/C14H15N3O2S/c1-11-8-12(9-15)5-6-14(11)20(18,19)16-10-13-4-3-7-17(13)2/h3-8,16H,10H2,1-2H3. The topological polar surface area (TPSA) is 74.9 Å². The van der Waals surface area contributed by atoms with Gasteiger partial charge in [0, 0.05) is 18.9 Å². The first-order valence-electron chi connectivity index (χ1n) is 6.04. The molecule has 0 saturated heterocycles. The van der Waals surface area contributed by atoms with Gasteiger partial charge >= 0.3 is 0 Å². The fourth-order valence-corrected chi connectivity index (χ4v) is 3.17. The van der Waals surface area contributed by atoms with Gasteiger partial charge in [-0.05, 0) is 42.8 Å². The van der Waals surface area contributed by atoms with Gasteiger partial charge in [-0.3, -0.25) is 0 Å². The number of nitriles is 1. The van der Waals surface area contributed by atoms with Crippen LogP contribution in [0.3, 0.4) is 0 Å². The zero-order valence-electron chi connectivity index (χ0n) is 11.3. The summed E-state index contributed by atoms with van der Waals surface area (Å²) in [5.74, 6) is 0. The molecule has 6 heteroatoms. The van der Waals surface area contributed by atoms with Crippen LogP contribution in [0.4, 0.5) is 0 Å². The lowest BCUT2D eigenvalue weighted by molar-refractivity contribution is 0.578. The molecule has 0 aliphatic carbocycles. The molecule has 0 saturated carbocycles.